The summed E-state index contributed by atoms with van der Waals surface area (Å²) >= 11 is 0. The van der Waals surface area contributed by atoms with Crippen molar-refractivity contribution in [2.45, 2.75) is 78.3 Å². The average Bonchev–Trinajstić information content (AvgIpc) is 3.39. The highest BCUT2D eigenvalue weighted by atomic mass is 16.5. The van der Waals surface area contributed by atoms with Crippen LogP contribution < -0.4 is 10.6 Å². The summed E-state index contributed by atoms with van der Waals surface area (Å²) in [5.74, 6) is -0.148. The number of nitrogens with zero attached hydrogens (tertiary/aromatic N) is 2. The van der Waals surface area contributed by atoms with Gasteiger partial charge in [0.2, 0.25) is 5.91 Å². The van der Waals surface area contributed by atoms with E-state index in [0.29, 0.717) is 37.4 Å². The highest BCUT2D eigenvalue weighted by Crippen LogP contribution is 2.25. The molecular weight excluding hydrogens is 508 g/mol. The molecule has 0 unspecified atom stereocenters. The number of benzene rings is 1. The number of rotatable bonds is 10. The van der Waals surface area contributed by atoms with Crippen molar-refractivity contribution in [1.82, 2.24) is 30.5 Å². The van der Waals surface area contributed by atoms with Crippen molar-refractivity contribution < 1.29 is 19.1 Å². The van der Waals surface area contributed by atoms with E-state index in [-0.39, 0.29) is 30.2 Å². The van der Waals surface area contributed by atoms with Crippen LogP contribution in [0, 0.1) is 12.8 Å². The molecule has 0 radical (unpaired) electrons. The molecule has 2 aromatic heterocycles. The Kier molecular flexibility index (Phi) is 9.84. The Morgan fingerprint density at radius 1 is 1.07 bits per heavy atom. The lowest BCUT2D eigenvalue weighted by molar-refractivity contribution is -0.124. The fraction of sp³-hybridized carbons (Fsp3) is 0.533. The Bertz CT molecular complexity index is 1300. The van der Waals surface area contributed by atoms with E-state index in [1.54, 1.807) is 13.8 Å². The number of fused-ring (bicyclic) bond motifs is 1. The number of likely N-dealkylation sites (tertiary alicyclic amines) is 1. The number of H-pyrrole nitrogens is 2. The number of para-hydroxylation sites is 1. The Hall–Kier alpha value is -3.82. The Morgan fingerprint density at radius 2 is 1.80 bits per heavy atom. The third-order valence-corrected chi connectivity index (χ3v) is 7.33. The van der Waals surface area contributed by atoms with E-state index in [9.17, 15) is 14.4 Å². The van der Waals surface area contributed by atoms with Gasteiger partial charge in [0.15, 0.2) is 5.69 Å². The van der Waals surface area contributed by atoms with Gasteiger partial charge in [-0.05, 0) is 50.7 Å². The van der Waals surface area contributed by atoms with Gasteiger partial charge < -0.3 is 30.2 Å². The van der Waals surface area contributed by atoms with Crippen LogP contribution in [-0.4, -0.2) is 63.5 Å². The van der Waals surface area contributed by atoms with Crippen LogP contribution >= 0.6 is 0 Å². The molecule has 1 aromatic carbocycles. The van der Waals surface area contributed by atoms with Crippen LogP contribution in [0.15, 0.2) is 30.5 Å². The summed E-state index contributed by atoms with van der Waals surface area (Å²) in [5, 5.41) is 7.19. The number of carbonyl (C=O) groups excluding carboxylic acids is 3. The molecule has 10 heteroatoms. The van der Waals surface area contributed by atoms with E-state index in [1.165, 1.54) is 0 Å². The summed E-state index contributed by atoms with van der Waals surface area (Å²) in [4.78, 5) is 52.3. The largest absolute Gasteiger partial charge is 0.461 e. The second-order valence-corrected chi connectivity index (χ2v) is 11.0. The summed E-state index contributed by atoms with van der Waals surface area (Å²) in [5.41, 5.74) is 2.76. The van der Waals surface area contributed by atoms with Crippen molar-refractivity contribution >= 4 is 28.8 Å². The molecule has 216 valence electrons. The molecule has 10 nitrogen and oxygen atoms in total. The third kappa shape index (κ3) is 7.22. The molecule has 1 fully saturated rings. The summed E-state index contributed by atoms with van der Waals surface area (Å²) in [6.45, 7) is 9.21. The van der Waals surface area contributed by atoms with Crippen molar-refractivity contribution in [1.29, 1.82) is 0 Å². The number of carbonyl (C=O) groups is 3. The first-order chi connectivity index (χ1) is 19.3. The van der Waals surface area contributed by atoms with Gasteiger partial charge in [-0.3, -0.25) is 4.79 Å². The molecule has 40 heavy (non-hydrogen) atoms. The lowest BCUT2D eigenvalue weighted by Crippen LogP contribution is -2.52. The molecular formula is C30H42N6O4. The summed E-state index contributed by atoms with van der Waals surface area (Å²) in [7, 11) is 0. The first-order valence-corrected chi connectivity index (χ1v) is 14.4. The van der Waals surface area contributed by atoms with E-state index in [0.717, 1.165) is 42.1 Å². The monoisotopic (exact) mass is 550 g/mol. The topological polar surface area (TPSA) is 132 Å². The minimum Gasteiger partial charge on any atom is -0.461 e. The Labute approximate surface area is 235 Å². The number of urea groups is 1. The lowest BCUT2D eigenvalue weighted by Gasteiger charge is -2.27. The normalized spacial score (nSPS) is 15.5. The number of aryl methyl sites for hydroxylation is 1. The van der Waals surface area contributed by atoms with Crippen molar-refractivity contribution in [2.24, 2.45) is 5.92 Å². The molecule has 1 aliphatic rings. The maximum Gasteiger partial charge on any atom is 0.358 e. The second kappa shape index (κ2) is 13.5. The quantitative estimate of drug-likeness (QED) is 0.270. The maximum atomic E-state index is 13.8. The average molecular weight is 551 g/mol. The van der Waals surface area contributed by atoms with Gasteiger partial charge in [0, 0.05) is 42.3 Å². The standard InChI is InChI=1S/C30H42N6O4/c1-5-40-29(38)26-20(4)32-27(35-26)24(17-21-18-31-23-13-9-8-12-22(21)23)33-28(37)25(16-19(2)3)34-30(39)36-14-10-6-7-11-15-36/h8-9,12-13,18-19,24-25,31H,5-7,10-11,14-17H2,1-4H3,(H,32,35)(H,33,37)(H,34,39)/t24-,25+/m1/s1. The van der Waals surface area contributed by atoms with Crippen molar-refractivity contribution in [3.05, 3.63) is 53.2 Å². The molecule has 1 saturated heterocycles. The zero-order chi connectivity index (χ0) is 28.6. The molecule has 0 spiro atoms. The molecule has 3 heterocycles. The summed E-state index contributed by atoms with van der Waals surface area (Å²) in [6, 6.07) is 6.49. The SMILES string of the molecule is CCOC(=O)c1nc([C@@H](Cc2c[nH]c3ccccc23)NC(=O)[C@H](CC(C)C)NC(=O)N2CCCCCC2)[nH]c1C. The van der Waals surface area contributed by atoms with Crippen LogP contribution in [0.1, 0.15) is 86.5 Å². The fourth-order valence-electron chi connectivity index (χ4n) is 5.27. The number of amides is 3. The third-order valence-electron chi connectivity index (χ3n) is 7.33. The van der Waals surface area contributed by atoms with Gasteiger partial charge >= 0.3 is 12.0 Å². The fourth-order valence-corrected chi connectivity index (χ4v) is 5.27. The first kappa shape index (κ1) is 29.2. The van der Waals surface area contributed by atoms with E-state index >= 15 is 0 Å². The van der Waals surface area contributed by atoms with Crippen LogP contribution in [0.5, 0.6) is 0 Å². The number of nitrogens with one attached hydrogen (secondary N) is 4. The minimum atomic E-state index is -0.707. The van der Waals surface area contributed by atoms with Crippen LogP contribution in [0.25, 0.3) is 10.9 Å². The number of esters is 1. The van der Waals surface area contributed by atoms with E-state index in [1.807, 2.05) is 49.2 Å². The number of ether oxygens (including phenoxy) is 1. The highest BCUT2D eigenvalue weighted by Gasteiger charge is 2.29. The predicted molar refractivity (Wildman–Crippen MR) is 154 cm³/mol. The molecule has 2 atom stereocenters. The minimum absolute atomic E-state index is 0.188. The molecule has 0 bridgehead atoms. The molecule has 3 aromatic rings. The zero-order valence-corrected chi connectivity index (χ0v) is 24.0. The number of hydrogen-bond donors (Lipinski definition) is 4. The van der Waals surface area contributed by atoms with Crippen molar-refractivity contribution in [2.75, 3.05) is 19.7 Å². The van der Waals surface area contributed by atoms with Gasteiger partial charge in [-0.25, -0.2) is 14.6 Å². The summed E-state index contributed by atoms with van der Waals surface area (Å²) < 4.78 is 5.17. The number of hydrogen-bond acceptors (Lipinski definition) is 5. The Balaban J connectivity index is 1.60. The van der Waals surface area contributed by atoms with Gasteiger partial charge in [-0.2, -0.15) is 0 Å². The van der Waals surface area contributed by atoms with Gasteiger partial charge in [-0.15, -0.1) is 0 Å². The van der Waals surface area contributed by atoms with Gasteiger partial charge in [-0.1, -0.05) is 44.9 Å². The van der Waals surface area contributed by atoms with E-state index in [2.05, 4.69) is 25.6 Å². The first-order valence-electron chi connectivity index (χ1n) is 14.4. The molecule has 0 aliphatic carbocycles. The Morgan fingerprint density at radius 3 is 2.50 bits per heavy atom. The predicted octanol–water partition coefficient (Wildman–Crippen LogP) is 4.78. The van der Waals surface area contributed by atoms with Crippen LogP contribution in [0.2, 0.25) is 0 Å². The van der Waals surface area contributed by atoms with Crippen LogP contribution in [0.4, 0.5) is 4.79 Å². The second-order valence-electron chi connectivity index (χ2n) is 11.0. The molecule has 4 N–H and O–H groups in total. The van der Waals surface area contributed by atoms with Gasteiger partial charge in [0.05, 0.1) is 12.6 Å². The van der Waals surface area contributed by atoms with Crippen molar-refractivity contribution in [3.8, 4) is 0 Å². The van der Waals surface area contributed by atoms with Crippen LogP contribution in [-0.2, 0) is 16.0 Å². The van der Waals surface area contributed by atoms with E-state index in [4.69, 9.17) is 4.74 Å². The van der Waals surface area contributed by atoms with E-state index < -0.39 is 18.1 Å². The van der Waals surface area contributed by atoms with Crippen LogP contribution in [0.3, 0.4) is 0 Å². The molecule has 0 saturated carbocycles. The summed E-state index contributed by atoms with van der Waals surface area (Å²) in [6.07, 6.45) is 7.04. The number of aromatic amines is 2. The molecule has 4 rings (SSSR count). The molecule has 1 aliphatic heterocycles. The van der Waals surface area contributed by atoms with Crippen molar-refractivity contribution in [3.63, 3.8) is 0 Å². The highest BCUT2D eigenvalue weighted by molar-refractivity contribution is 5.89. The lowest BCUT2D eigenvalue weighted by atomic mass is 10.0. The maximum absolute atomic E-state index is 13.8. The number of imidazole rings is 1. The number of aromatic nitrogens is 3. The zero-order valence-electron chi connectivity index (χ0n) is 24.0. The van der Waals surface area contributed by atoms with Gasteiger partial charge in [0.1, 0.15) is 11.9 Å². The molecule has 3 amide bonds. The smallest absolute Gasteiger partial charge is 0.358 e. The van der Waals surface area contributed by atoms with Gasteiger partial charge in [0.25, 0.3) is 0 Å².